The molecule has 0 spiro atoms. The summed E-state index contributed by atoms with van der Waals surface area (Å²) in [6.07, 6.45) is -2.02. The van der Waals surface area contributed by atoms with Crippen molar-refractivity contribution in [3.8, 4) is 6.07 Å². The molecule has 1 amide bonds. The van der Waals surface area contributed by atoms with Crippen LogP contribution in [0.2, 0.25) is 5.02 Å². The molecule has 0 aliphatic carbocycles. The van der Waals surface area contributed by atoms with Crippen LogP contribution >= 0.6 is 11.6 Å². The summed E-state index contributed by atoms with van der Waals surface area (Å²) < 4.78 is 38.0. The van der Waals surface area contributed by atoms with Crippen molar-refractivity contribution in [2.45, 2.75) is 6.18 Å². The fraction of sp³-hybridized carbons (Fsp3) is 0.0625. The van der Waals surface area contributed by atoms with Crippen LogP contribution in [0.5, 0.6) is 0 Å². The maximum absolute atomic E-state index is 12.7. The Bertz CT molecular complexity index is 859. The van der Waals surface area contributed by atoms with Gasteiger partial charge in [0.05, 0.1) is 5.56 Å². The second-order valence-corrected chi connectivity index (χ2v) is 5.14. The van der Waals surface area contributed by atoms with Crippen LogP contribution in [-0.4, -0.2) is 10.9 Å². The third kappa shape index (κ3) is 5.22. The van der Waals surface area contributed by atoms with Gasteiger partial charge in [0.1, 0.15) is 17.5 Å². The van der Waals surface area contributed by atoms with E-state index >= 15 is 0 Å². The lowest BCUT2D eigenvalue weighted by atomic mass is 10.2. The van der Waals surface area contributed by atoms with E-state index < -0.39 is 17.6 Å². The van der Waals surface area contributed by atoms with Crippen LogP contribution in [0.25, 0.3) is 0 Å². The first-order valence-electron chi connectivity index (χ1n) is 6.76. The fourth-order valence-corrected chi connectivity index (χ4v) is 1.91. The summed E-state index contributed by atoms with van der Waals surface area (Å²) in [6, 6.07) is 8.76. The minimum absolute atomic E-state index is 0.0816. The largest absolute Gasteiger partial charge is 0.416 e. The third-order valence-corrected chi connectivity index (χ3v) is 3.13. The smallest absolute Gasteiger partial charge is 0.345 e. The third-order valence-electron chi connectivity index (χ3n) is 2.90. The van der Waals surface area contributed by atoms with Gasteiger partial charge in [0.25, 0.3) is 5.91 Å². The summed E-state index contributed by atoms with van der Waals surface area (Å²) in [6.45, 7) is 0. The number of pyridine rings is 1. The van der Waals surface area contributed by atoms with Gasteiger partial charge in [0.2, 0.25) is 0 Å². The molecular weight excluding hydrogens is 357 g/mol. The van der Waals surface area contributed by atoms with Gasteiger partial charge in [-0.3, -0.25) is 4.79 Å². The van der Waals surface area contributed by atoms with Crippen molar-refractivity contribution in [3.63, 3.8) is 0 Å². The number of nitrogens with one attached hydrogen (secondary N) is 2. The highest BCUT2D eigenvalue weighted by Crippen LogP contribution is 2.30. The number of hydrogen-bond donors (Lipinski definition) is 2. The number of carbonyl (C=O) groups excluding carboxylic acids is 1. The van der Waals surface area contributed by atoms with E-state index in [1.807, 2.05) is 0 Å². The molecule has 0 aliphatic rings. The molecule has 0 unspecified atom stereocenters. The zero-order chi connectivity index (χ0) is 18.4. The second kappa shape index (κ2) is 7.68. The Labute approximate surface area is 145 Å². The highest BCUT2D eigenvalue weighted by atomic mass is 35.5. The van der Waals surface area contributed by atoms with Crippen LogP contribution in [0.4, 0.5) is 24.7 Å². The summed E-state index contributed by atoms with van der Waals surface area (Å²) in [7, 11) is 0. The molecule has 1 aromatic heterocycles. The summed E-state index contributed by atoms with van der Waals surface area (Å²) in [4.78, 5) is 15.9. The summed E-state index contributed by atoms with van der Waals surface area (Å²) in [5, 5.41) is 14.3. The molecule has 1 aromatic carbocycles. The summed E-state index contributed by atoms with van der Waals surface area (Å²) in [5.41, 5.74) is -1.34. The second-order valence-electron chi connectivity index (χ2n) is 4.71. The van der Waals surface area contributed by atoms with E-state index in [0.717, 1.165) is 24.4 Å². The van der Waals surface area contributed by atoms with Gasteiger partial charge in [-0.2, -0.15) is 18.4 Å². The summed E-state index contributed by atoms with van der Waals surface area (Å²) >= 11 is 5.78. The number of amides is 1. The van der Waals surface area contributed by atoms with E-state index in [4.69, 9.17) is 16.9 Å². The minimum Gasteiger partial charge on any atom is -0.345 e. The number of anilines is 2. The molecule has 5 nitrogen and oxygen atoms in total. The van der Waals surface area contributed by atoms with Crippen molar-refractivity contribution >= 4 is 29.0 Å². The Balaban J connectivity index is 2.13. The van der Waals surface area contributed by atoms with Crippen molar-refractivity contribution in [1.82, 2.24) is 4.98 Å². The molecular formula is C16H10ClF3N4O. The van der Waals surface area contributed by atoms with Crippen LogP contribution in [0.1, 0.15) is 5.56 Å². The average Bonchev–Trinajstić information content (AvgIpc) is 2.55. The Kier molecular flexibility index (Phi) is 5.62. The lowest BCUT2D eigenvalue weighted by molar-refractivity contribution is -0.137. The topological polar surface area (TPSA) is 77.8 Å². The minimum atomic E-state index is -4.53. The standard InChI is InChI=1S/C16H10ClF3N4O/c17-12-4-5-22-14(7-12)23-9-10(8-21)15(25)24-13-3-1-2-11(6-13)16(18,19)20/h1-7,9H,(H,22,23)(H,24,25)/b10-9-. The molecule has 0 saturated heterocycles. The highest BCUT2D eigenvalue weighted by molar-refractivity contribution is 6.30. The molecule has 0 fully saturated rings. The molecule has 2 aromatic rings. The number of halogens is 4. The van der Waals surface area contributed by atoms with Crippen molar-refractivity contribution < 1.29 is 18.0 Å². The molecule has 0 atom stereocenters. The molecule has 0 aliphatic heterocycles. The summed E-state index contributed by atoms with van der Waals surface area (Å²) in [5.74, 6) is -0.566. The van der Waals surface area contributed by atoms with Gasteiger partial charge in [0, 0.05) is 23.1 Å². The van der Waals surface area contributed by atoms with Crippen molar-refractivity contribution in [2.75, 3.05) is 10.6 Å². The van der Waals surface area contributed by atoms with Crippen molar-refractivity contribution in [2.24, 2.45) is 0 Å². The zero-order valence-electron chi connectivity index (χ0n) is 12.4. The van der Waals surface area contributed by atoms with Gasteiger partial charge in [-0.05, 0) is 30.3 Å². The maximum atomic E-state index is 12.7. The monoisotopic (exact) mass is 366 g/mol. The Hall–Kier alpha value is -3.05. The lowest BCUT2D eigenvalue weighted by Gasteiger charge is -2.09. The van der Waals surface area contributed by atoms with E-state index in [2.05, 4.69) is 15.6 Å². The fourth-order valence-electron chi connectivity index (χ4n) is 1.75. The lowest BCUT2D eigenvalue weighted by Crippen LogP contribution is -2.15. The molecule has 2 rings (SSSR count). The molecule has 0 bridgehead atoms. The number of nitriles is 1. The van der Waals surface area contributed by atoms with Crippen LogP contribution in [0.15, 0.2) is 54.4 Å². The van der Waals surface area contributed by atoms with Gasteiger partial charge >= 0.3 is 6.18 Å². The number of rotatable bonds is 4. The number of benzene rings is 1. The van der Waals surface area contributed by atoms with Gasteiger partial charge in [-0.15, -0.1) is 0 Å². The van der Waals surface area contributed by atoms with Crippen LogP contribution in [0, 0.1) is 11.3 Å². The van der Waals surface area contributed by atoms with E-state index in [9.17, 15) is 18.0 Å². The van der Waals surface area contributed by atoms with E-state index in [1.54, 1.807) is 12.1 Å². The molecule has 0 saturated carbocycles. The molecule has 9 heteroatoms. The first kappa shape index (κ1) is 18.3. The number of aromatic nitrogens is 1. The van der Waals surface area contributed by atoms with Crippen LogP contribution in [-0.2, 0) is 11.0 Å². The zero-order valence-corrected chi connectivity index (χ0v) is 13.2. The molecule has 25 heavy (non-hydrogen) atoms. The molecule has 128 valence electrons. The van der Waals surface area contributed by atoms with Gasteiger partial charge in [0.15, 0.2) is 0 Å². The van der Waals surface area contributed by atoms with Crippen LogP contribution in [0.3, 0.4) is 0 Å². The first-order chi connectivity index (χ1) is 11.8. The van der Waals surface area contributed by atoms with E-state index in [1.165, 1.54) is 18.3 Å². The van der Waals surface area contributed by atoms with Gasteiger partial charge in [-0.25, -0.2) is 4.98 Å². The molecule has 2 N–H and O–H groups in total. The SMILES string of the molecule is N#C/C(=C/Nc1cc(Cl)ccn1)C(=O)Nc1cccc(C(F)(F)F)c1. The van der Waals surface area contributed by atoms with E-state index in [0.29, 0.717) is 10.8 Å². The number of nitrogens with zero attached hydrogens (tertiary/aromatic N) is 2. The van der Waals surface area contributed by atoms with E-state index in [-0.39, 0.29) is 11.3 Å². The number of carbonyl (C=O) groups is 1. The Morgan fingerprint density at radius 2 is 2.04 bits per heavy atom. The number of hydrogen-bond acceptors (Lipinski definition) is 4. The van der Waals surface area contributed by atoms with Crippen molar-refractivity contribution in [3.05, 3.63) is 65.0 Å². The maximum Gasteiger partial charge on any atom is 0.416 e. The van der Waals surface area contributed by atoms with Gasteiger partial charge < -0.3 is 10.6 Å². The first-order valence-corrected chi connectivity index (χ1v) is 7.14. The highest BCUT2D eigenvalue weighted by Gasteiger charge is 2.30. The predicted molar refractivity (Wildman–Crippen MR) is 86.6 cm³/mol. The quantitative estimate of drug-likeness (QED) is 0.627. The van der Waals surface area contributed by atoms with Crippen LogP contribution < -0.4 is 10.6 Å². The molecule has 0 radical (unpaired) electrons. The molecule has 1 heterocycles. The van der Waals surface area contributed by atoms with Gasteiger partial charge in [-0.1, -0.05) is 17.7 Å². The Morgan fingerprint density at radius 1 is 1.28 bits per heavy atom. The number of alkyl halides is 3. The average molecular weight is 367 g/mol. The van der Waals surface area contributed by atoms with Crippen molar-refractivity contribution in [1.29, 1.82) is 5.26 Å². The predicted octanol–water partition coefficient (Wildman–Crippen LogP) is 4.21. The Morgan fingerprint density at radius 3 is 2.68 bits per heavy atom. The normalized spacial score (nSPS) is 11.6.